The van der Waals surface area contributed by atoms with Gasteiger partial charge in [0.2, 0.25) is 0 Å². The van der Waals surface area contributed by atoms with E-state index in [2.05, 4.69) is 11.8 Å². The van der Waals surface area contributed by atoms with Crippen molar-refractivity contribution >= 4 is 0 Å². The molecule has 0 aromatic rings. The second-order valence-corrected chi connectivity index (χ2v) is 5.09. The van der Waals surface area contributed by atoms with Gasteiger partial charge < -0.3 is 0 Å². The van der Waals surface area contributed by atoms with Gasteiger partial charge in [-0.2, -0.15) is 8.78 Å². The molecule has 0 aromatic heterocycles. The molecular weight excluding hydrogens is 182 g/mol. The number of hydrogen-bond acceptors (Lipinski definition) is 0. The minimum absolute atomic E-state index is 0.366. The van der Waals surface area contributed by atoms with Gasteiger partial charge in [0.05, 0.1) is 0 Å². The summed E-state index contributed by atoms with van der Waals surface area (Å²) in [6, 6.07) is 0. The van der Waals surface area contributed by atoms with Gasteiger partial charge in [0, 0.05) is 12.3 Å². The van der Waals surface area contributed by atoms with Crippen LogP contribution in [0.3, 0.4) is 0 Å². The predicted molar refractivity (Wildman–Crippen MR) is 54.1 cm³/mol. The second kappa shape index (κ2) is 3.88. The first-order valence-corrected chi connectivity index (χ1v) is 5.22. The lowest BCUT2D eigenvalue weighted by Gasteiger charge is -2.35. The third kappa shape index (κ3) is 2.70. The van der Waals surface area contributed by atoms with Gasteiger partial charge in [-0.3, -0.25) is 0 Å². The summed E-state index contributed by atoms with van der Waals surface area (Å²) >= 11 is 0. The molecule has 0 radical (unpaired) electrons. The maximum absolute atomic E-state index is 13.6. The van der Waals surface area contributed by atoms with Crippen LogP contribution in [0.5, 0.6) is 0 Å². The summed E-state index contributed by atoms with van der Waals surface area (Å²) in [5.41, 5.74) is -0.366. The average Bonchev–Trinajstić information content (AvgIpc) is 1.95. The minimum Gasteiger partial charge on any atom is -0.192 e. The summed E-state index contributed by atoms with van der Waals surface area (Å²) in [6.07, 6.45) is 3.03. The lowest BCUT2D eigenvalue weighted by atomic mass is 9.73. The zero-order valence-electron chi connectivity index (χ0n) is 9.16. The topological polar surface area (TPSA) is 0 Å². The van der Waals surface area contributed by atoms with Crippen molar-refractivity contribution in [2.24, 2.45) is 11.3 Å². The second-order valence-electron chi connectivity index (χ2n) is 5.09. The van der Waals surface area contributed by atoms with Gasteiger partial charge >= 0.3 is 5.92 Å². The zero-order chi connectivity index (χ0) is 10.8. The van der Waals surface area contributed by atoms with Gasteiger partial charge in [-0.25, -0.2) is 0 Å². The third-order valence-electron chi connectivity index (χ3n) is 2.78. The van der Waals surface area contributed by atoms with Gasteiger partial charge in [-0.1, -0.05) is 33.1 Å². The van der Waals surface area contributed by atoms with Crippen LogP contribution in [0.1, 0.15) is 46.5 Å². The normalized spacial score (nSPS) is 27.1. The van der Waals surface area contributed by atoms with Crippen LogP contribution in [0.2, 0.25) is 0 Å². The molecule has 0 bridgehead atoms. The SMILES string of the molecule is CC(C)(C)C1CCCCC#CC1(F)F. The van der Waals surface area contributed by atoms with Crippen LogP contribution in [-0.2, 0) is 0 Å². The first-order valence-electron chi connectivity index (χ1n) is 5.22. The van der Waals surface area contributed by atoms with Crippen molar-refractivity contribution in [3.63, 3.8) is 0 Å². The molecule has 0 spiro atoms. The Kier molecular flexibility index (Phi) is 3.19. The van der Waals surface area contributed by atoms with E-state index in [4.69, 9.17) is 0 Å². The molecule has 14 heavy (non-hydrogen) atoms. The summed E-state index contributed by atoms with van der Waals surface area (Å²) in [5, 5.41) is 0. The number of rotatable bonds is 0. The molecule has 0 aromatic carbocycles. The van der Waals surface area contributed by atoms with Crippen molar-refractivity contribution in [1.82, 2.24) is 0 Å². The third-order valence-corrected chi connectivity index (χ3v) is 2.78. The molecule has 0 aliphatic heterocycles. The largest absolute Gasteiger partial charge is 0.311 e. The molecule has 0 amide bonds. The summed E-state index contributed by atoms with van der Waals surface area (Å²) < 4.78 is 27.3. The van der Waals surface area contributed by atoms with E-state index in [1.807, 2.05) is 20.8 Å². The molecule has 0 fully saturated rings. The van der Waals surface area contributed by atoms with Crippen molar-refractivity contribution in [2.75, 3.05) is 0 Å². The molecule has 0 N–H and O–H groups in total. The quantitative estimate of drug-likeness (QED) is 0.521. The summed E-state index contributed by atoms with van der Waals surface area (Å²) in [6.45, 7) is 5.61. The molecule has 1 aliphatic rings. The summed E-state index contributed by atoms with van der Waals surface area (Å²) in [7, 11) is 0. The highest BCUT2D eigenvalue weighted by molar-refractivity contribution is 5.14. The number of halogens is 2. The van der Waals surface area contributed by atoms with Gasteiger partial charge in [-0.05, 0) is 24.2 Å². The molecule has 2 heteroatoms. The van der Waals surface area contributed by atoms with Crippen molar-refractivity contribution in [1.29, 1.82) is 0 Å². The predicted octanol–water partition coefficient (Wildman–Crippen LogP) is 3.86. The van der Waals surface area contributed by atoms with E-state index in [1.165, 1.54) is 0 Å². The van der Waals surface area contributed by atoms with Gasteiger partial charge in [-0.15, -0.1) is 0 Å². The van der Waals surface area contributed by atoms with Crippen molar-refractivity contribution < 1.29 is 8.78 Å². The van der Waals surface area contributed by atoms with Crippen LogP contribution < -0.4 is 0 Å². The van der Waals surface area contributed by atoms with Crippen molar-refractivity contribution in [3.8, 4) is 11.8 Å². The standard InChI is InChI=1S/C12H18F2/c1-11(2,3)10-8-6-4-5-7-9-12(10,13)14/h10H,4-6,8H2,1-3H3. The Bertz CT molecular complexity index is 250. The Labute approximate surface area is 85.1 Å². The molecule has 0 heterocycles. The van der Waals surface area contributed by atoms with E-state index < -0.39 is 11.8 Å². The average molecular weight is 200 g/mol. The lowest BCUT2D eigenvalue weighted by molar-refractivity contribution is -0.0529. The van der Waals surface area contributed by atoms with Crippen molar-refractivity contribution in [2.45, 2.75) is 52.4 Å². The molecular formula is C12H18F2. The fraction of sp³-hybridized carbons (Fsp3) is 0.833. The molecule has 1 atom stereocenters. The lowest BCUT2D eigenvalue weighted by Crippen LogP contribution is -2.37. The van der Waals surface area contributed by atoms with E-state index in [0.29, 0.717) is 12.8 Å². The number of alkyl halides is 2. The van der Waals surface area contributed by atoms with Crippen LogP contribution in [0, 0.1) is 23.2 Å². The first-order chi connectivity index (χ1) is 6.34. The van der Waals surface area contributed by atoms with Crippen LogP contribution in [-0.4, -0.2) is 5.92 Å². The Morgan fingerprint density at radius 2 is 1.86 bits per heavy atom. The van der Waals surface area contributed by atoms with Gasteiger partial charge in [0.1, 0.15) is 0 Å². The van der Waals surface area contributed by atoms with E-state index in [0.717, 1.165) is 12.8 Å². The summed E-state index contributed by atoms with van der Waals surface area (Å²) in [4.78, 5) is 0. The van der Waals surface area contributed by atoms with E-state index in [1.54, 1.807) is 0 Å². The van der Waals surface area contributed by atoms with Crippen LogP contribution in [0.15, 0.2) is 0 Å². The molecule has 1 rings (SSSR count). The first kappa shape index (κ1) is 11.5. The van der Waals surface area contributed by atoms with E-state index >= 15 is 0 Å². The van der Waals surface area contributed by atoms with Gasteiger partial charge in [0.15, 0.2) is 0 Å². The zero-order valence-corrected chi connectivity index (χ0v) is 9.16. The van der Waals surface area contributed by atoms with Crippen LogP contribution in [0.4, 0.5) is 8.78 Å². The highest BCUT2D eigenvalue weighted by Crippen LogP contribution is 2.42. The van der Waals surface area contributed by atoms with E-state index in [9.17, 15) is 8.78 Å². The Morgan fingerprint density at radius 1 is 1.21 bits per heavy atom. The van der Waals surface area contributed by atoms with Gasteiger partial charge in [0.25, 0.3) is 0 Å². The summed E-state index contributed by atoms with van der Waals surface area (Å²) in [5.74, 6) is 1.30. The molecule has 0 saturated carbocycles. The van der Waals surface area contributed by atoms with E-state index in [-0.39, 0.29) is 5.41 Å². The Hall–Kier alpha value is -0.580. The maximum Gasteiger partial charge on any atom is 0.311 e. The fourth-order valence-corrected chi connectivity index (χ4v) is 1.99. The monoisotopic (exact) mass is 200 g/mol. The fourth-order valence-electron chi connectivity index (χ4n) is 1.99. The molecule has 1 unspecified atom stereocenters. The maximum atomic E-state index is 13.6. The highest BCUT2D eigenvalue weighted by atomic mass is 19.3. The van der Waals surface area contributed by atoms with Crippen molar-refractivity contribution in [3.05, 3.63) is 0 Å². The molecule has 0 nitrogen and oxygen atoms in total. The van der Waals surface area contributed by atoms with Crippen LogP contribution >= 0.6 is 0 Å². The molecule has 0 saturated heterocycles. The smallest absolute Gasteiger partial charge is 0.192 e. The Morgan fingerprint density at radius 3 is 2.43 bits per heavy atom. The minimum atomic E-state index is -2.81. The Balaban J connectivity index is 2.92. The molecule has 1 aliphatic carbocycles. The molecule has 80 valence electrons. The number of hydrogen-bond donors (Lipinski definition) is 0. The van der Waals surface area contributed by atoms with Crippen LogP contribution in [0.25, 0.3) is 0 Å². The highest BCUT2D eigenvalue weighted by Gasteiger charge is 2.44.